The van der Waals surface area contributed by atoms with Crippen molar-refractivity contribution >= 4 is 60.6 Å². The van der Waals surface area contributed by atoms with Gasteiger partial charge in [-0.2, -0.15) is 4.98 Å². The van der Waals surface area contributed by atoms with Crippen LogP contribution in [-0.4, -0.2) is 23.5 Å². The molecule has 0 saturated heterocycles. The minimum atomic E-state index is -0.586. The number of rotatable bonds is 5. The zero-order valence-electron chi connectivity index (χ0n) is 31.0. The number of benzene rings is 8. The Morgan fingerprint density at radius 3 is 1.59 bits per heavy atom. The van der Waals surface area contributed by atoms with E-state index in [0.29, 0.717) is 11.4 Å². The first kappa shape index (κ1) is 32.2. The molecule has 0 N–H and O–H groups in total. The lowest BCUT2D eigenvalue weighted by Gasteiger charge is -2.11. The molecule has 0 atom stereocenters. The molecule has 12 rings (SSSR count). The van der Waals surface area contributed by atoms with Crippen LogP contribution in [0.25, 0.3) is 106 Å². The molecule has 4 heterocycles. The van der Waals surface area contributed by atoms with Crippen molar-refractivity contribution in [2.75, 3.05) is 0 Å². The fourth-order valence-corrected chi connectivity index (χ4v) is 8.77. The first-order valence-corrected chi connectivity index (χ1v) is 19.3. The molecule has 0 unspecified atom stereocenters. The summed E-state index contributed by atoms with van der Waals surface area (Å²) in [6.45, 7) is 0. The third-order valence-electron chi connectivity index (χ3n) is 11.4. The standard InChI is InChI=1S/C51H31N5O2/c57-50-52-49(32-12-3-1-4-13-32)56-47-31-36(24-27-48(47)58-51(56)53-50)33-14-11-17-38(28-33)55-44-21-10-8-19-40(44)42-30-35(23-26-46(42)55)34-22-25-45-41(29-34)39-18-7-9-20-43(39)54(45)37-15-5-2-6-16-37/h1-31H. The number of aromatic nitrogens is 5. The second-order valence-corrected chi connectivity index (χ2v) is 14.7. The van der Waals surface area contributed by atoms with Crippen molar-refractivity contribution < 1.29 is 4.42 Å². The maximum absolute atomic E-state index is 12.5. The highest BCUT2D eigenvalue weighted by Gasteiger charge is 2.18. The Balaban J connectivity index is 0.987. The van der Waals surface area contributed by atoms with Gasteiger partial charge in [0.15, 0.2) is 11.4 Å². The van der Waals surface area contributed by atoms with E-state index in [1.54, 1.807) is 0 Å². The van der Waals surface area contributed by atoms with E-state index in [4.69, 9.17) is 4.42 Å². The van der Waals surface area contributed by atoms with Crippen molar-refractivity contribution in [3.05, 3.63) is 199 Å². The van der Waals surface area contributed by atoms with Crippen LogP contribution in [0.5, 0.6) is 0 Å². The average Bonchev–Trinajstić information content (AvgIpc) is 3.93. The van der Waals surface area contributed by atoms with Crippen LogP contribution < -0.4 is 5.69 Å². The van der Waals surface area contributed by atoms with Gasteiger partial charge in [-0.05, 0) is 95.1 Å². The van der Waals surface area contributed by atoms with Crippen molar-refractivity contribution in [3.63, 3.8) is 0 Å². The molecule has 7 nitrogen and oxygen atoms in total. The Bertz CT molecular complexity index is 3650. The van der Waals surface area contributed by atoms with Gasteiger partial charge in [-0.3, -0.25) is 0 Å². The topological polar surface area (TPSA) is 70.3 Å². The van der Waals surface area contributed by atoms with E-state index < -0.39 is 5.69 Å². The molecule has 0 spiro atoms. The highest BCUT2D eigenvalue weighted by atomic mass is 16.4. The molecule has 0 saturated carbocycles. The molecule has 0 bridgehead atoms. The minimum absolute atomic E-state index is 0.211. The zero-order valence-corrected chi connectivity index (χ0v) is 31.0. The Hall–Kier alpha value is -8.03. The molecule has 12 aromatic rings. The van der Waals surface area contributed by atoms with E-state index in [-0.39, 0.29) is 5.84 Å². The number of hydrogen-bond acceptors (Lipinski definition) is 4. The molecule has 0 aliphatic heterocycles. The van der Waals surface area contributed by atoms with Crippen LogP contribution in [-0.2, 0) is 0 Å². The molecule has 0 aliphatic carbocycles. The first-order chi connectivity index (χ1) is 28.7. The van der Waals surface area contributed by atoms with E-state index in [1.807, 2.05) is 46.9 Å². The highest BCUT2D eigenvalue weighted by molar-refractivity contribution is 6.12. The molecular formula is C51H31N5O2. The first-order valence-electron chi connectivity index (χ1n) is 19.3. The lowest BCUT2D eigenvalue weighted by atomic mass is 10.0. The van der Waals surface area contributed by atoms with Gasteiger partial charge in [-0.25, -0.2) is 9.20 Å². The van der Waals surface area contributed by atoms with Gasteiger partial charge in [0.2, 0.25) is 0 Å². The maximum atomic E-state index is 12.5. The summed E-state index contributed by atoms with van der Waals surface area (Å²) in [4.78, 5) is 20.9. The Labute approximate surface area is 330 Å². The second kappa shape index (κ2) is 12.5. The third kappa shape index (κ3) is 4.90. The molecule has 0 amide bonds. The summed E-state index contributed by atoms with van der Waals surface area (Å²) < 4.78 is 12.6. The molecule has 4 aromatic heterocycles. The van der Waals surface area contributed by atoms with Crippen LogP contribution in [0.15, 0.2) is 197 Å². The van der Waals surface area contributed by atoms with Gasteiger partial charge >= 0.3 is 11.5 Å². The molecule has 8 aromatic carbocycles. The van der Waals surface area contributed by atoms with Crippen molar-refractivity contribution in [3.8, 4) is 45.0 Å². The van der Waals surface area contributed by atoms with Crippen molar-refractivity contribution in [1.82, 2.24) is 23.5 Å². The molecule has 0 fully saturated rings. The van der Waals surface area contributed by atoms with Crippen LogP contribution >= 0.6 is 0 Å². The number of fused-ring (bicyclic) bond motifs is 9. The van der Waals surface area contributed by atoms with Gasteiger partial charge in [0.05, 0.1) is 27.6 Å². The van der Waals surface area contributed by atoms with Crippen molar-refractivity contribution in [2.24, 2.45) is 0 Å². The smallest absolute Gasteiger partial charge is 0.373 e. The fourth-order valence-electron chi connectivity index (χ4n) is 8.77. The van der Waals surface area contributed by atoms with Gasteiger partial charge in [-0.1, -0.05) is 115 Å². The van der Waals surface area contributed by atoms with E-state index in [9.17, 15) is 4.79 Å². The quantitative estimate of drug-likeness (QED) is 0.176. The summed E-state index contributed by atoms with van der Waals surface area (Å²) in [6, 6.07) is 65.9. The predicted molar refractivity (Wildman–Crippen MR) is 234 cm³/mol. The highest BCUT2D eigenvalue weighted by Crippen LogP contribution is 2.39. The maximum Gasteiger partial charge on any atom is 0.373 e. The molecular weight excluding hydrogens is 715 g/mol. The summed E-state index contributed by atoms with van der Waals surface area (Å²) in [5.74, 6) is 0.701. The Morgan fingerprint density at radius 2 is 0.897 bits per heavy atom. The predicted octanol–water partition coefficient (Wildman–Crippen LogP) is 12.0. The van der Waals surface area contributed by atoms with Crippen LogP contribution in [0.1, 0.15) is 0 Å². The second-order valence-electron chi connectivity index (χ2n) is 14.7. The van der Waals surface area contributed by atoms with Gasteiger partial charge in [-0.15, -0.1) is 4.98 Å². The lowest BCUT2D eigenvalue weighted by molar-refractivity contribution is 0.630. The lowest BCUT2D eigenvalue weighted by Crippen LogP contribution is -2.14. The third-order valence-corrected chi connectivity index (χ3v) is 11.4. The van der Waals surface area contributed by atoms with Crippen LogP contribution in [0.4, 0.5) is 0 Å². The summed E-state index contributed by atoms with van der Waals surface area (Å²) in [5.41, 5.74) is 12.9. The van der Waals surface area contributed by atoms with E-state index in [1.165, 1.54) is 43.7 Å². The van der Waals surface area contributed by atoms with Crippen LogP contribution in [0.2, 0.25) is 0 Å². The van der Waals surface area contributed by atoms with Gasteiger partial charge < -0.3 is 13.6 Å². The molecule has 58 heavy (non-hydrogen) atoms. The van der Waals surface area contributed by atoms with Gasteiger partial charge in [0.25, 0.3) is 0 Å². The van der Waals surface area contributed by atoms with E-state index in [2.05, 4.69) is 165 Å². The monoisotopic (exact) mass is 745 g/mol. The summed E-state index contributed by atoms with van der Waals surface area (Å²) in [7, 11) is 0. The minimum Gasteiger partial charge on any atom is -0.423 e. The molecule has 7 heteroatoms. The number of nitrogens with zero attached hydrogens (tertiary/aromatic N) is 5. The summed E-state index contributed by atoms with van der Waals surface area (Å²) >= 11 is 0. The summed E-state index contributed by atoms with van der Waals surface area (Å²) in [5, 5.41) is 4.86. The van der Waals surface area contributed by atoms with Crippen LogP contribution in [0.3, 0.4) is 0 Å². The number of para-hydroxylation sites is 3. The average molecular weight is 746 g/mol. The van der Waals surface area contributed by atoms with E-state index in [0.717, 1.165) is 44.6 Å². The number of hydrogen-bond donors (Lipinski definition) is 0. The van der Waals surface area contributed by atoms with E-state index >= 15 is 0 Å². The Morgan fingerprint density at radius 1 is 0.379 bits per heavy atom. The SMILES string of the molecule is O=c1nc(-c2ccccc2)n2c(n1)oc1ccc(-c3cccc(-n4c5ccccc5c5cc(-c6ccc7c(c6)c6ccccc6n7-c6ccccc6)ccc54)c3)cc12. The molecule has 272 valence electrons. The normalized spacial score (nSPS) is 11.9. The number of oxazole rings is 1. The molecule has 0 aliphatic rings. The van der Waals surface area contributed by atoms with Gasteiger partial charge in [0, 0.05) is 38.5 Å². The largest absolute Gasteiger partial charge is 0.423 e. The van der Waals surface area contributed by atoms with Crippen molar-refractivity contribution in [1.29, 1.82) is 0 Å². The van der Waals surface area contributed by atoms with Gasteiger partial charge in [0.1, 0.15) is 0 Å². The fraction of sp³-hybridized carbons (Fsp3) is 0. The van der Waals surface area contributed by atoms with Crippen LogP contribution in [0, 0.1) is 0 Å². The summed E-state index contributed by atoms with van der Waals surface area (Å²) in [6.07, 6.45) is 0. The zero-order chi connectivity index (χ0) is 38.3. The molecule has 0 radical (unpaired) electrons. The Kier molecular flexibility index (Phi) is 6.94. The van der Waals surface area contributed by atoms with Crippen molar-refractivity contribution in [2.45, 2.75) is 0 Å².